The maximum absolute atomic E-state index is 14.7. The molecule has 0 saturated carbocycles. The summed E-state index contributed by atoms with van der Waals surface area (Å²) in [4.78, 5) is 18.0. The Morgan fingerprint density at radius 3 is 1.11 bits per heavy atom. The summed E-state index contributed by atoms with van der Waals surface area (Å²) in [6.45, 7) is 20.9. The molecule has 20 aromatic rings. The number of halogens is 2. The summed E-state index contributed by atoms with van der Waals surface area (Å²) in [5.74, 6) is 0.819. The van der Waals surface area contributed by atoms with E-state index in [1.807, 2.05) is 136 Å². The van der Waals surface area contributed by atoms with E-state index in [1.165, 1.54) is 39.9 Å². The van der Waals surface area contributed by atoms with E-state index in [0.717, 1.165) is 179 Å². The minimum Gasteiger partial charge on any atom is -0.437 e. The molecular weight excluding hydrogens is 1510 g/mol. The maximum Gasteiger partial charge on any atom is 0.227 e. The molecule has 0 saturated heterocycles. The molecule has 0 spiro atoms. The Kier molecular flexibility index (Phi) is 20.9. The second kappa shape index (κ2) is 33.3. The molecule has 14 heteroatoms. The molecule has 604 valence electrons. The van der Waals surface area contributed by atoms with E-state index in [2.05, 4.69) is 231 Å². The van der Waals surface area contributed by atoms with E-state index in [-0.39, 0.29) is 17.3 Å². The Balaban J connectivity index is 0.000000118. The van der Waals surface area contributed by atoms with Gasteiger partial charge in [0.15, 0.2) is 47.1 Å². The van der Waals surface area contributed by atoms with Gasteiger partial charge >= 0.3 is 0 Å². The number of aryl methyl sites for hydroxylation is 12. The van der Waals surface area contributed by atoms with Crippen molar-refractivity contribution in [2.75, 3.05) is 0 Å². The highest BCUT2D eigenvalue weighted by Crippen LogP contribution is 2.44. The van der Waals surface area contributed by atoms with Gasteiger partial charge in [0.25, 0.3) is 0 Å². The zero-order chi connectivity index (χ0) is 87.6. The molecule has 0 atom stereocenters. The minimum atomic E-state index is -2.28. The molecule has 12 nitrogen and oxygen atoms in total. The normalized spacial score (nSPS) is 12.0. The molecule has 0 aliphatic carbocycles. The van der Waals surface area contributed by atoms with Crippen LogP contribution in [0.25, 0.3) is 178 Å². The Hall–Kier alpha value is -14.0. The van der Waals surface area contributed by atoms with Crippen molar-refractivity contribution in [3.8, 4) is 89.5 Å². The van der Waals surface area contributed by atoms with Gasteiger partial charge in [0.05, 0.1) is 27.8 Å². The van der Waals surface area contributed by atoms with Gasteiger partial charge in [-0.3, -0.25) is 0 Å². The van der Waals surface area contributed by atoms with Crippen LogP contribution < -0.4 is 18.3 Å². The lowest BCUT2D eigenvalue weighted by atomic mass is 9.94. The van der Waals surface area contributed by atoms with Crippen LogP contribution in [-0.2, 0) is 41.0 Å². The minimum absolute atomic E-state index is 0.0378. The third kappa shape index (κ3) is 15.7. The number of furan rings is 4. The van der Waals surface area contributed by atoms with E-state index >= 15 is 0 Å². The van der Waals surface area contributed by atoms with Crippen molar-refractivity contribution >= 4 is 88.3 Å². The Morgan fingerprint density at radius 1 is 0.311 bits per heavy atom. The van der Waals surface area contributed by atoms with Gasteiger partial charge in [0, 0.05) is 123 Å². The number of aromatic nitrogens is 8. The maximum atomic E-state index is 14.7. The van der Waals surface area contributed by atoms with E-state index in [4.69, 9.17) is 21.8 Å². The first kappa shape index (κ1) is 76.7. The molecule has 8 aromatic carbocycles. The molecule has 0 aliphatic rings. The van der Waals surface area contributed by atoms with Gasteiger partial charge in [-0.05, 0) is 208 Å². The van der Waals surface area contributed by atoms with Crippen LogP contribution in [0.1, 0.15) is 88.0 Å². The van der Waals surface area contributed by atoms with Crippen LogP contribution in [0.4, 0.5) is 8.78 Å². The molecule has 12 heterocycles. The molecule has 0 aliphatic heterocycles. The standard InChI is InChI=1S/2C29H29N2O.2C25H20FN2O/c1-18(2)16-21-8-10-22(11-9-21)23-12-15-26(31(5)17-23)27-19(3)6-13-24-25-14-7-20(4)30-29(25)32-28(24)27;1-18(2)16-21-8-10-22(11-9-21)23-14-15-31(5)26(17-23)27-19(3)6-12-24-25-13-7-20(4)30-29(25)32-28(24)27;1-15-10-12-19-20-13-11-16(2)27-25(20)29-24(19)22(15)23-18(8-6-14-28(23)3)17-7-4-5-9-21(17)26;1-15-8-10-19-20-11-9-16(2)27-25(20)29-24(19)23(15)22-14-17(12-13-28(22)3)18-6-4-5-7-21(18)26/h2*6-15,17-18H,16H2,1-5H3;2*4-14H,1-3H3/q4*+1/i;4D3;;. The fourth-order valence-electron chi connectivity index (χ4n) is 16.9. The Bertz CT molecular complexity index is 7590. The summed E-state index contributed by atoms with van der Waals surface area (Å²) in [5.41, 5.74) is 31.1. The molecule has 0 bridgehead atoms. The van der Waals surface area contributed by atoms with Crippen LogP contribution in [0.2, 0.25) is 0 Å². The van der Waals surface area contributed by atoms with Crippen molar-refractivity contribution in [3.05, 3.63) is 335 Å². The highest BCUT2D eigenvalue weighted by Gasteiger charge is 2.29. The summed E-state index contributed by atoms with van der Waals surface area (Å²) in [6.07, 6.45) is 10.4. The van der Waals surface area contributed by atoms with E-state index < -0.39 is 6.85 Å². The number of hydrogen-bond acceptors (Lipinski definition) is 8. The summed E-state index contributed by atoms with van der Waals surface area (Å²) in [5, 5.41) is 7.94. The lowest BCUT2D eigenvalue weighted by Gasteiger charge is -2.11. The first-order valence-electron chi connectivity index (χ1n) is 43.0. The van der Waals surface area contributed by atoms with Crippen molar-refractivity contribution in [3.63, 3.8) is 0 Å². The number of hydrogen-bond donors (Lipinski definition) is 0. The fraction of sp³-hybridized carbons (Fsp3) is 0.185. The molecule has 0 unspecified atom stereocenters. The second-order valence-corrected chi connectivity index (χ2v) is 33.1. The SMILES string of the molecule is Cc1ccc2c(n1)oc1c(-c3c(-c4ccccc4F)ccc[n+]3C)c(C)ccc12.Cc1ccc2c(n1)oc1c(-c3cc(-c4ccccc4F)cc[n+]3C)c(C)ccc12.Cc1ccc2c(n1)oc1c(-c3ccc(-c4ccc(CC(C)C)cc4)c[n+]3C)c(C)ccc12.[2H]C([2H])([2H])c1ccc2c(n1)oc1c(-c3cc(-c4ccc(CC(C)C)cc4)cc[n+]3C)c(C)ccc12. The molecule has 20 rings (SSSR count). The van der Waals surface area contributed by atoms with Crippen LogP contribution in [-0.4, -0.2) is 19.9 Å². The molecule has 0 radical (unpaired) electrons. The summed E-state index contributed by atoms with van der Waals surface area (Å²) in [7, 11) is 8.10. The van der Waals surface area contributed by atoms with Gasteiger partial charge in [0.1, 0.15) is 39.8 Å². The van der Waals surface area contributed by atoms with Crippen LogP contribution in [0.3, 0.4) is 0 Å². The van der Waals surface area contributed by atoms with E-state index in [0.29, 0.717) is 45.8 Å². The van der Waals surface area contributed by atoms with Crippen molar-refractivity contribution in [2.24, 2.45) is 40.0 Å². The average molecular weight is 1610 g/mol. The third-order valence-corrected chi connectivity index (χ3v) is 23.1. The van der Waals surface area contributed by atoms with Crippen LogP contribution in [0, 0.1) is 78.8 Å². The average Bonchev–Trinajstić information content (AvgIpc) is 1.60. The highest BCUT2D eigenvalue weighted by molar-refractivity contribution is 6.12. The zero-order valence-corrected chi connectivity index (χ0v) is 71.4. The van der Waals surface area contributed by atoms with Gasteiger partial charge in [-0.25, -0.2) is 47.0 Å². The van der Waals surface area contributed by atoms with Gasteiger partial charge < -0.3 is 17.7 Å². The van der Waals surface area contributed by atoms with Crippen molar-refractivity contribution in [2.45, 2.75) is 95.9 Å². The highest BCUT2D eigenvalue weighted by atomic mass is 19.1. The molecule has 0 N–H and O–H groups in total. The predicted molar refractivity (Wildman–Crippen MR) is 489 cm³/mol. The summed E-state index contributed by atoms with van der Waals surface area (Å²) < 4.78 is 85.5. The smallest absolute Gasteiger partial charge is 0.227 e. The molecule has 12 aromatic heterocycles. The number of fused-ring (bicyclic) bond motifs is 12. The first-order chi connectivity index (χ1) is 60.1. The van der Waals surface area contributed by atoms with Crippen molar-refractivity contribution < 1.29 is 48.8 Å². The zero-order valence-electron chi connectivity index (χ0n) is 74.4. The molecule has 0 fully saturated rings. The predicted octanol–water partition coefficient (Wildman–Crippen LogP) is 25.7. The Morgan fingerprint density at radius 2 is 0.672 bits per heavy atom. The summed E-state index contributed by atoms with van der Waals surface area (Å²) in [6, 6.07) is 80.4. The van der Waals surface area contributed by atoms with Crippen LogP contribution >= 0.6 is 0 Å². The number of pyridine rings is 8. The fourth-order valence-corrected chi connectivity index (χ4v) is 16.9. The Labute approximate surface area is 713 Å². The van der Waals surface area contributed by atoms with Gasteiger partial charge in [-0.15, -0.1) is 0 Å². The topological polar surface area (TPSA) is 120 Å². The van der Waals surface area contributed by atoms with Crippen molar-refractivity contribution in [1.29, 1.82) is 0 Å². The lowest BCUT2D eigenvalue weighted by Crippen LogP contribution is -2.31. The summed E-state index contributed by atoms with van der Waals surface area (Å²) >= 11 is 0. The van der Waals surface area contributed by atoms with Gasteiger partial charge in [0.2, 0.25) is 45.6 Å². The monoisotopic (exact) mass is 1610 g/mol. The molecule has 122 heavy (non-hydrogen) atoms. The van der Waals surface area contributed by atoms with Crippen LogP contribution in [0.15, 0.2) is 285 Å². The first-order valence-corrected chi connectivity index (χ1v) is 41.5. The number of rotatable bonds is 12. The largest absolute Gasteiger partial charge is 0.437 e. The second-order valence-electron chi connectivity index (χ2n) is 33.1. The number of benzene rings is 8. The van der Waals surface area contributed by atoms with Gasteiger partial charge in [-0.1, -0.05) is 161 Å². The molecular formula is C108H98F2N8O4+4. The van der Waals surface area contributed by atoms with E-state index in [9.17, 15) is 8.78 Å². The lowest BCUT2D eigenvalue weighted by molar-refractivity contribution is -0.660. The number of nitrogens with zero attached hydrogens (tertiary/aromatic N) is 8. The quantitative estimate of drug-likeness (QED) is 0.111. The van der Waals surface area contributed by atoms with Crippen LogP contribution in [0.5, 0.6) is 0 Å². The van der Waals surface area contributed by atoms with Crippen molar-refractivity contribution in [1.82, 2.24) is 19.9 Å². The van der Waals surface area contributed by atoms with E-state index in [1.54, 1.807) is 30.3 Å². The van der Waals surface area contributed by atoms with Gasteiger partial charge in [-0.2, -0.15) is 0 Å². The molecule has 0 amide bonds. The third-order valence-electron chi connectivity index (χ3n) is 23.1.